The zero-order chi connectivity index (χ0) is 27.4. The molecule has 2 aliphatic heterocycles. The van der Waals surface area contributed by atoms with E-state index in [2.05, 4.69) is 41.2 Å². The number of aromatic nitrogens is 2. The van der Waals surface area contributed by atoms with Gasteiger partial charge in [-0.3, -0.25) is 9.48 Å². The highest BCUT2D eigenvalue weighted by Gasteiger charge is 2.38. The Labute approximate surface area is 222 Å². The van der Waals surface area contributed by atoms with Gasteiger partial charge in [-0.15, -0.1) is 0 Å². The zero-order valence-corrected chi connectivity index (χ0v) is 22.4. The normalized spacial score (nSPS) is 20.1. The van der Waals surface area contributed by atoms with Crippen LogP contribution in [0.2, 0.25) is 0 Å². The maximum atomic E-state index is 13.6. The summed E-state index contributed by atoms with van der Waals surface area (Å²) in [5.74, 6) is 0.988. The Morgan fingerprint density at radius 1 is 0.947 bits per heavy atom. The molecule has 1 aliphatic carbocycles. The fourth-order valence-corrected chi connectivity index (χ4v) is 5.66. The lowest BCUT2D eigenvalue weighted by Gasteiger charge is -2.33. The standard InChI is InChI=1S/C27H37N5O2.CHF3/c1-18(2)29-27(34)30-14-11-22(12-15-30)32-25(20-8-9-20)24(16-28-32)26(33)31-13-10-21(17-31)23-7-5-4-6-19(23)3;2-1(3)4/h4-7,16,18,20-22H,8-15,17H2,1-3H3,(H,29,34);1H/t21-;/m1./s1. The molecule has 3 aliphatic rings. The maximum Gasteiger partial charge on any atom is 0.379 e. The first kappa shape index (κ1) is 28.0. The number of carbonyl (C=O) groups excluding carboxylic acids is 2. The van der Waals surface area contributed by atoms with Crippen LogP contribution in [0, 0.1) is 6.92 Å². The molecule has 1 N–H and O–H groups in total. The molecule has 0 unspecified atom stereocenters. The van der Waals surface area contributed by atoms with Gasteiger partial charge < -0.3 is 15.1 Å². The number of halogens is 3. The highest BCUT2D eigenvalue weighted by molar-refractivity contribution is 5.95. The number of aryl methyl sites for hydroxylation is 1. The first-order valence-electron chi connectivity index (χ1n) is 13.6. The van der Waals surface area contributed by atoms with Crippen molar-refractivity contribution < 1.29 is 22.8 Å². The predicted octanol–water partition coefficient (Wildman–Crippen LogP) is 5.63. The Kier molecular flexibility index (Phi) is 8.99. The third-order valence-corrected chi connectivity index (χ3v) is 7.64. The van der Waals surface area contributed by atoms with Crippen LogP contribution in [0.15, 0.2) is 30.5 Å². The van der Waals surface area contributed by atoms with Crippen molar-refractivity contribution in [3.05, 3.63) is 52.8 Å². The number of alkyl halides is 3. The molecule has 10 heteroatoms. The van der Waals surface area contributed by atoms with Crippen molar-refractivity contribution in [3.8, 4) is 0 Å². The Hall–Kier alpha value is -3.04. The Morgan fingerprint density at radius 2 is 1.58 bits per heavy atom. The molecular weight excluding hydrogens is 495 g/mol. The molecule has 1 aromatic heterocycles. The Balaban J connectivity index is 0.000000786. The van der Waals surface area contributed by atoms with Gasteiger partial charge in [0, 0.05) is 44.1 Å². The van der Waals surface area contributed by atoms with Crippen molar-refractivity contribution in [3.63, 3.8) is 0 Å². The summed E-state index contributed by atoms with van der Waals surface area (Å²) < 4.78 is 31.1. The topological polar surface area (TPSA) is 70.5 Å². The van der Waals surface area contributed by atoms with Crippen molar-refractivity contribution in [1.29, 1.82) is 0 Å². The smallest absolute Gasteiger partial charge is 0.338 e. The van der Waals surface area contributed by atoms with Crippen LogP contribution in [0.4, 0.5) is 18.0 Å². The summed E-state index contributed by atoms with van der Waals surface area (Å²) >= 11 is 0. The van der Waals surface area contributed by atoms with Crippen LogP contribution in [0.5, 0.6) is 0 Å². The van der Waals surface area contributed by atoms with E-state index in [9.17, 15) is 22.8 Å². The van der Waals surface area contributed by atoms with Gasteiger partial charge in [-0.25, -0.2) is 4.79 Å². The third-order valence-electron chi connectivity index (χ3n) is 7.64. The molecule has 38 heavy (non-hydrogen) atoms. The SMILES string of the molecule is Cc1ccccc1[C@@H]1CCN(C(=O)c2cnn(C3CCN(C(=O)NC(C)C)CC3)c2C2CC2)C1.FC(F)F. The lowest BCUT2D eigenvalue weighted by atomic mass is 9.94. The molecule has 2 saturated heterocycles. The molecule has 3 fully saturated rings. The minimum atomic E-state index is -3.67. The van der Waals surface area contributed by atoms with Gasteiger partial charge in [0.15, 0.2) is 0 Å². The van der Waals surface area contributed by atoms with Gasteiger partial charge in [0.05, 0.1) is 23.5 Å². The lowest BCUT2D eigenvalue weighted by Crippen LogP contribution is -2.46. The van der Waals surface area contributed by atoms with Crippen LogP contribution in [-0.4, -0.2) is 70.4 Å². The van der Waals surface area contributed by atoms with E-state index in [0.29, 0.717) is 11.8 Å². The predicted molar refractivity (Wildman–Crippen MR) is 139 cm³/mol. The van der Waals surface area contributed by atoms with Gasteiger partial charge in [-0.05, 0) is 64.0 Å². The summed E-state index contributed by atoms with van der Waals surface area (Å²) in [4.78, 5) is 29.9. The van der Waals surface area contributed by atoms with Gasteiger partial charge in [0.1, 0.15) is 0 Å². The second-order valence-corrected chi connectivity index (χ2v) is 10.8. The van der Waals surface area contributed by atoms with E-state index < -0.39 is 6.68 Å². The van der Waals surface area contributed by atoms with Crippen LogP contribution in [0.3, 0.4) is 0 Å². The Morgan fingerprint density at radius 3 is 2.18 bits per heavy atom. The molecule has 2 aromatic rings. The number of urea groups is 1. The minimum absolute atomic E-state index is 0.0180. The number of piperidine rings is 1. The average Bonchev–Trinajstić information content (AvgIpc) is 3.42. The summed E-state index contributed by atoms with van der Waals surface area (Å²) in [5.41, 5.74) is 4.60. The zero-order valence-electron chi connectivity index (χ0n) is 22.4. The molecule has 5 rings (SSSR count). The molecule has 1 saturated carbocycles. The molecule has 7 nitrogen and oxygen atoms in total. The maximum absolute atomic E-state index is 13.6. The lowest BCUT2D eigenvalue weighted by molar-refractivity contribution is 0.00818. The summed E-state index contributed by atoms with van der Waals surface area (Å²) in [6, 6.07) is 8.95. The number of rotatable bonds is 5. The van der Waals surface area contributed by atoms with E-state index in [4.69, 9.17) is 5.10 Å². The van der Waals surface area contributed by atoms with Crippen molar-refractivity contribution >= 4 is 11.9 Å². The van der Waals surface area contributed by atoms with Crippen molar-refractivity contribution in [2.45, 2.75) is 83.5 Å². The molecule has 0 spiro atoms. The molecule has 3 heterocycles. The van der Waals surface area contributed by atoms with E-state index >= 15 is 0 Å². The summed E-state index contributed by atoms with van der Waals surface area (Å²) in [7, 11) is 0. The molecule has 208 valence electrons. The van der Waals surface area contributed by atoms with Crippen molar-refractivity contribution in [2.75, 3.05) is 26.2 Å². The van der Waals surface area contributed by atoms with Crippen LogP contribution >= 0.6 is 0 Å². The number of hydrogen-bond donors (Lipinski definition) is 1. The van der Waals surface area contributed by atoms with Crippen molar-refractivity contribution in [2.24, 2.45) is 0 Å². The summed E-state index contributed by atoms with van der Waals surface area (Å²) in [6.45, 7) is 5.49. The fraction of sp³-hybridized carbons (Fsp3) is 0.607. The quantitative estimate of drug-likeness (QED) is 0.542. The first-order chi connectivity index (χ1) is 18.2. The molecular formula is C28H38F3N5O2. The number of benzene rings is 1. The fourth-order valence-electron chi connectivity index (χ4n) is 5.66. The molecule has 0 bridgehead atoms. The van der Waals surface area contributed by atoms with Crippen LogP contribution in [0.1, 0.15) is 91.0 Å². The average molecular weight is 534 g/mol. The van der Waals surface area contributed by atoms with E-state index in [-0.39, 0.29) is 24.0 Å². The number of nitrogens with one attached hydrogen (secondary N) is 1. The van der Waals surface area contributed by atoms with Gasteiger partial charge in [0.25, 0.3) is 5.91 Å². The summed E-state index contributed by atoms with van der Waals surface area (Å²) in [6.07, 6.45) is 6.84. The Bertz CT molecular complexity index is 1110. The van der Waals surface area contributed by atoms with Gasteiger partial charge in [-0.1, -0.05) is 24.3 Å². The highest BCUT2D eigenvalue weighted by Crippen LogP contribution is 2.44. The largest absolute Gasteiger partial charge is 0.379 e. The number of likely N-dealkylation sites (tertiary alicyclic amines) is 2. The van der Waals surface area contributed by atoms with E-state index in [0.717, 1.165) is 69.5 Å². The van der Waals surface area contributed by atoms with Crippen LogP contribution in [-0.2, 0) is 0 Å². The number of amides is 3. The minimum Gasteiger partial charge on any atom is -0.338 e. The van der Waals surface area contributed by atoms with E-state index in [1.54, 1.807) is 0 Å². The highest BCUT2D eigenvalue weighted by atomic mass is 19.4. The molecule has 0 radical (unpaired) electrons. The second-order valence-electron chi connectivity index (χ2n) is 10.8. The molecule has 3 amide bonds. The van der Waals surface area contributed by atoms with E-state index in [1.165, 1.54) is 11.1 Å². The van der Waals surface area contributed by atoms with Gasteiger partial charge >= 0.3 is 12.7 Å². The molecule has 1 aromatic carbocycles. The van der Waals surface area contributed by atoms with Crippen molar-refractivity contribution in [1.82, 2.24) is 24.9 Å². The number of carbonyl (C=O) groups is 2. The van der Waals surface area contributed by atoms with E-state index in [1.807, 2.05) is 29.8 Å². The number of hydrogen-bond acceptors (Lipinski definition) is 3. The number of nitrogens with zero attached hydrogens (tertiary/aromatic N) is 4. The second kappa shape index (κ2) is 12.2. The van der Waals surface area contributed by atoms with Gasteiger partial charge in [-0.2, -0.15) is 18.3 Å². The molecule has 1 atom stereocenters. The van der Waals surface area contributed by atoms with Gasteiger partial charge in [0.2, 0.25) is 0 Å². The first-order valence-corrected chi connectivity index (χ1v) is 13.6. The third kappa shape index (κ3) is 6.69. The van der Waals surface area contributed by atoms with Crippen LogP contribution < -0.4 is 5.32 Å². The summed E-state index contributed by atoms with van der Waals surface area (Å²) in [5, 5.41) is 7.74. The van der Waals surface area contributed by atoms with Crippen LogP contribution in [0.25, 0.3) is 0 Å². The monoisotopic (exact) mass is 533 g/mol.